The molecule has 2 nitrogen and oxygen atoms in total. The molecule has 0 spiro atoms. The van der Waals surface area contributed by atoms with E-state index in [4.69, 9.17) is 5.73 Å². The third kappa shape index (κ3) is 10.9. The Bertz CT molecular complexity index is 30.9. The zero-order valence-electron chi connectivity index (χ0n) is 5.44. The fraction of sp³-hybridized carbons (Fsp3) is 1.00. The molecule has 0 unspecified atom stereocenters. The molecule has 0 amide bonds. The fourth-order valence-electron chi connectivity index (χ4n) is 0.258. The summed E-state index contributed by atoms with van der Waals surface area (Å²) in [6.07, 6.45) is 0. The van der Waals surface area contributed by atoms with Crippen LogP contribution in [-0.4, -0.2) is 61.6 Å². The molecule has 0 aliphatic heterocycles. The van der Waals surface area contributed by atoms with Gasteiger partial charge in [0.1, 0.15) is 0 Å². The van der Waals surface area contributed by atoms with Crippen molar-refractivity contribution in [1.82, 2.24) is 4.90 Å². The summed E-state index contributed by atoms with van der Waals surface area (Å²) < 4.78 is 0. The molecule has 39 valence electrons. The Morgan fingerprint density at radius 3 is 1.86 bits per heavy atom. The second-order valence-electron chi connectivity index (χ2n) is 1.59. The van der Waals surface area contributed by atoms with Crippen LogP contribution in [0.25, 0.3) is 0 Å². The molecular formula is C4H12N2Na. The zero-order valence-corrected chi connectivity index (χ0v) is 7.44. The smallest absolute Gasteiger partial charge is 0.00985 e. The number of nitrogens with two attached hydrogens (primary N) is 1. The van der Waals surface area contributed by atoms with Crippen molar-refractivity contribution in [3.8, 4) is 0 Å². The van der Waals surface area contributed by atoms with Gasteiger partial charge in [-0.05, 0) is 14.1 Å². The van der Waals surface area contributed by atoms with Crippen LogP contribution in [0.3, 0.4) is 0 Å². The van der Waals surface area contributed by atoms with E-state index in [0.29, 0.717) is 0 Å². The van der Waals surface area contributed by atoms with Gasteiger partial charge in [0, 0.05) is 42.6 Å². The van der Waals surface area contributed by atoms with Crippen LogP contribution < -0.4 is 5.73 Å². The first kappa shape index (κ1) is 10.8. The molecule has 0 bridgehead atoms. The van der Waals surface area contributed by atoms with Gasteiger partial charge in [0.05, 0.1) is 0 Å². The Labute approximate surface area is 67.3 Å². The molecule has 7 heavy (non-hydrogen) atoms. The molecule has 0 heterocycles. The first-order valence-electron chi connectivity index (χ1n) is 2.12. The van der Waals surface area contributed by atoms with E-state index in [0.717, 1.165) is 13.1 Å². The van der Waals surface area contributed by atoms with E-state index in [9.17, 15) is 0 Å². The van der Waals surface area contributed by atoms with Gasteiger partial charge in [-0.1, -0.05) is 0 Å². The molecule has 3 heteroatoms. The van der Waals surface area contributed by atoms with Gasteiger partial charge < -0.3 is 10.6 Å². The molecular weight excluding hydrogens is 99.0 g/mol. The van der Waals surface area contributed by atoms with E-state index in [-0.39, 0.29) is 29.6 Å². The molecule has 0 atom stereocenters. The standard InChI is InChI=1S/C4H12N2.Na/c1-6(2)4-3-5;/h3-5H2,1-2H3;. The van der Waals surface area contributed by atoms with Crippen LogP contribution in [0.2, 0.25) is 0 Å². The van der Waals surface area contributed by atoms with Crippen LogP contribution in [0.15, 0.2) is 0 Å². The molecule has 0 saturated carbocycles. The number of nitrogens with zero attached hydrogens (tertiary/aromatic N) is 1. The maximum atomic E-state index is 5.19. The van der Waals surface area contributed by atoms with Gasteiger partial charge in [-0.25, -0.2) is 0 Å². The predicted octanol–water partition coefficient (Wildman–Crippen LogP) is -0.874. The molecule has 0 saturated heterocycles. The molecule has 0 aliphatic carbocycles. The Balaban J connectivity index is 0. The van der Waals surface area contributed by atoms with Crippen LogP contribution in [-0.2, 0) is 0 Å². The Morgan fingerprint density at radius 2 is 1.86 bits per heavy atom. The largest absolute Gasteiger partial charge is 0.329 e. The van der Waals surface area contributed by atoms with Gasteiger partial charge in [0.15, 0.2) is 0 Å². The van der Waals surface area contributed by atoms with Gasteiger partial charge in [0.25, 0.3) is 0 Å². The van der Waals surface area contributed by atoms with Crippen LogP contribution >= 0.6 is 0 Å². The van der Waals surface area contributed by atoms with Crippen molar-refractivity contribution in [3.63, 3.8) is 0 Å². The fourth-order valence-corrected chi connectivity index (χ4v) is 0.258. The van der Waals surface area contributed by atoms with Crippen LogP contribution in [0.4, 0.5) is 0 Å². The quantitative estimate of drug-likeness (QED) is 0.469. The number of hydrogen-bond donors (Lipinski definition) is 1. The van der Waals surface area contributed by atoms with Gasteiger partial charge in [-0.15, -0.1) is 0 Å². The molecule has 1 radical (unpaired) electrons. The minimum Gasteiger partial charge on any atom is -0.329 e. The summed E-state index contributed by atoms with van der Waals surface area (Å²) in [5, 5.41) is 0. The van der Waals surface area contributed by atoms with Gasteiger partial charge in [-0.3, -0.25) is 0 Å². The van der Waals surface area contributed by atoms with Crippen molar-refractivity contribution in [2.75, 3.05) is 27.2 Å². The minimum atomic E-state index is 0. The van der Waals surface area contributed by atoms with Gasteiger partial charge in [0.2, 0.25) is 0 Å². The molecule has 0 aromatic rings. The van der Waals surface area contributed by atoms with Crippen molar-refractivity contribution in [2.45, 2.75) is 0 Å². The maximum Gasteiger partial charge on any atom is 0.00985 e. The predicted molar refractivity (Wildman–Crippen MR) is 33.4 cm³/mol. The van der Waals surface area contributed by atoms with Crippen LogP contribution in [0.1, 0.15) is 0 Å². The van der Waals surface area contributed by atoms with Crippen LogP contribution in [0.5, 0.6) is 0 Å². The number of rotatable bonds is 2. The first-order chi connectivity index (χ1) is 2.77. The van der Waals surface area contributed by atoms with Crippen molar-refractivity contribution >= 4 is 29.6 Å². The Kier molecular flexibility index (Phi) is 10.7. The number of hydrogen-bond acceptors (Lipinski definition) is 2. The van der Waals surface area contributed by atoms with E-state index in [1.807, 2.05) is 14.1 Å². The SMILES string of the molecule is CN(C)CCN.[Na]. The molecule has 2 N–H and O–H groups in total. The zero-order chi connectivity index (χ0) is 4.99. The normalized spacial score (nSPS) is 8.57. The second-order valence-corrected chi connectivity index (χ2v) is 1.59. The van der Waals surface area contributed by atoms with E-state index >= 15 is 0 Å². The molecule has 0 aromatic carbocycles. The summed E-state index contributed by atoms with van der Waals surface area (Å²) in [6.45, 7) is 1.74. The topological polar surface area (TPSA) is 29.3 Å². The van der Waals surface area contributed by atoms with Gasteiger partial charge >= 0.3 is 0 Å². The molecule has 0 rings (SSSR count). The first-order valence-corrected chi connectivity index (χ1v) is 2.12. The molecule has 0 aromatic heterocycles. The Morgan fingerprint density at radius 1 is 1.43 bits per heavy atom. The van der Waals surface area contributed by atoms with Crippen molar-refractivity contribution in [1.29, 1.82) is 0 Å². The summed E-state index contributed by atoms with van der Waals surface area (Å²) in [6, 6.07) is 0. The summed E-state index contributed by atoms with van der Waals surface area (Å²) in [5.74, 6) is 0. The Hall–Kier alpha value is 0.920. The summed E-state index contributed by atoms with van der Waals surface area (Å²) >= 11 is 0. The average molecular weight is 111 g/mol. The third-order valence-corrected chi connectivity index (χ3v) is 0.576. The average Bonchev–Trinajstić information content (AvgIpc) is 1.35. The van der Waals surface area contributed by atoms with Gasteiger partial charge in [-0.2, -0.15) is 0 Å². The number of likely N-dealkylation sites (N-methyl/N-ethyl adjacent to an activating group) is 1. The van der Waals surface area contributed by atoms with Crippen molar-refractivity contribution in [2.24, 2.45) is 5.73 Å². The van der Waals surface area contributed by atoms with E-state index in [1.54, 1.807) is 0 Å². The second kappa shape index (κ2) is 6.92. The third-order valence-electron chi connectivity index (χ3n) is 0.576. The van der Waals surface area contributed by atoms with E-state index in [1.165, 1.54) is 0 Å². The van der Waals surface area contributed by atoms with Crippen molar-refractivity contribution in [3.05, 3.63) is 0 Å². The van der Waals surface area contributed by atoms with Crippen LogP contribution in [0, 0.1) is 0 Å². The minimum absolute atomic E-state index is 0. The van der Waals surface area contributed by atoms with Crippen molar-refractivity contribution < 1.29 is 0 Å². The summed E-state index contributed by atoms with van der Waals surface area (Å²) in [7, 11) is 4.01. The van der Waals surface area contributed by atoms with E-state index < -0.39 is 0 Å². The monoisotopic (exact) mass is 111 g/mol. The summed E-state index contributed by atoms with van der Waals surface area (Å²) in [4.78, 5) is 2.06. The van der Waals surface area contributed by atoms with E-state index in [2.05, 4.69) is 4.90 Å². The molecule has 0 aliphatic rings. The summed E-state index contributed by atoms with van der Waals surface area (Å²) in [5.41, 5.74) is 5.19. The maximum absolute atomic E-state index is 5.19. The molecule has 0 fully saturated rings.